The average molecular weight is 337 g/mol. The molecule has 0 radical (unpaired) electrons. The molecule has 10 heteroatoms. The van der Waals surface area contributed by atoms with Crippen LogP contribution in [-0.2, 0) is 20.2 Å². The third-order valence-electron chi connectivity index (χ3n) is 2.61. The Bertz CT molecular complexity index is 661. The number of hydrogen-bond donors (Lipinski definition) is 2. The lowest BCUT2D eigenvalue weighted by Crippen LogP contribution is -2.33. The van der Waals surface area contributed by atoms with Gasteiger partial charge in [0.25, 0.3) is 20.2 Å². The highest BCUT2D eigenvalue weighted by Crippen LogP contribution is 2.15. The summed E-state index contributed by atoms with van der Waals surface area (Å²) in [6, 6.07) is 6.08. The van der Waals surface area contributed by atoms with Crippen LogP contribution in [0.25, 0.3) is 0 Å². The Balaban J connectivity index is 2.96. The van der Waals surface area contributed by atoms with E-state index in [1.165, 1.54) is 17.0 Å². The topological polar surface area (TPSA) is 129 Å². The Labute approximate surface area is 122 Å². The Morgan fingerprint density at radius 3 is 1.95 bits per heavy atom. The lowest BCUT2D eigenvalue weighted by atomic mass is 10.2. The number of carbonyl (C=O) groups excluding carboxylic acids is 1. The molecule has 0 aromatic heterocycles. The van der Waals surface area contributed by atoms with E-state index in [0.717, 1.165) is 0 Å². The van der Waals surface area contributed by atoms with Gasteiger partial charge in [0.15, 0.2) is 0 Å². The van der Waals surface area contributed by atoms with E-state index in [1.54, 1.807) is 12.1 Å². The van der Waals surface area contributed by atoms with Crippen molar-refractivity contribution in [2.45, 2.75) is 0 Å². The van der Waals surface area contributed by atoms with Crippen LogP contribution in [0.5, 0.6) is 0 Å². The van der Waals surface area contributed by atoms with E-state index >= 15 is 0 Å². The average Bonchev–Trinajstić information content (AvgIpc) is 2.36. The fourth-order valence-electron chi connectivity index (χ4n) is 1.62. The van der Waals surface area contributed by atoms with E-state index in [2.05, 4.69) is 0 Å². The number of hydrogen-bond acceptors (Lipinski definition) is 6. The molecule has 0 saturated heterocycles. The van der Waals surface area contributed by atoms with Crippen molar-refractivity contribution in [3.05, 3.63) is 29.8 Å². The number of carbonyl (C=O) groups is 1. The van der Waals surface area contributed by atoms with Crippen LogP contribution in [0.4, 0.5) is 5.69 Å². The molecule has 1 aromatic carbocycles. The highest BCUT2D eigenvalue weighted by atomic mass is 32.2. The Morgan fingerprint density at radius 2 is 1.52 bits per heavy atom. The van der Waals surface area contributed by atoms with Gasteiger partial charge in [-0.15, -0.1) is 0 Å². The first-order valence-electron chi connectivity index (χ1n) is 5.81. The van der Waals surface area contributed by atoms with E-state index in [9.17, 15) is 21.6 Å². The molecule has 0 atom stereocenters. The normalized spacial score (nSPS) is 12.1. The van der Waals surface area contributed by atoms with Crippen LogP contribution in [0.3, 0.4) is 0 Å². The molecule has 21 heavy (non-hydrogen) atoms. The number of benzene rings is 1. The molecule has 0 saturated carbocycles. The summed E-state index contributed by atoms with van der Waals surface area (Å²) in [5.41, 5.74) is 0.739. The summed E-state index contributed by atoms with van der Waals surface area (Å²) < 4.78 is 60.7. The molecule has 8 nitrogen and oxygen atoms in total. The largest absolute Gasteiger partial charge is 0.369 e. The summed E-state index contributed by atoms with van der Waals surface area (Å²) in [7, 11) is -8.44. The summed E-state index contributed by atoms with van der Waals surface area (Å²) in [5.74, 6) is -1.21. The van der Waals surface area contributed by atoms with E-state index in [-0.39, 0.29) is 13.1 Å². The lowest BCUT2D eigenvalue weighted by molar-refractivity contribution is 0.112. The fourth-order valence-corrected chi connectivity index (χ4v) is 2.52. The summed E-state index contributed by atoms with van der Waals surface area (Å²) in [4.78, 5) is 12.1. The molecule has 0 aliphatic heterocycles. The molecule has 0 fully saturated rings. The van der Waals surface area contributed by atoms with Gasteiger partial charge in [-0.2, -0.15) is 16.8 Å². The SMILES string of the molecule is O=Cc1cccc(N(CCS(=O)(=O)O)CCS(=O)(=O)O)c1. The van der Waals surface area contributed by atoms with Gasteiger partial charge < -0.3 is 4.90 Å². The molecule has 0 bridgehead atoms. The van der Waals surface area contributed by atoms with Gasteiger partial charge in [0.1, 0.15) is 6.29 Å². The third-order valence-corrected chi connectivity index (χ3v) is 4.01. The maximum atomic E-state index is 10.8. The van der Waals surface area contributed by atoms with Crippen molar-refractivity contribution in [1.82, 2.24) is 0 Å². The molecule has 0 unspecified atom stereocenters. The minimum atomic E-state index is -4.22. The van der Waals surface area contributed by atoms with Crippen molar-refractivity contribution in [3.8, 4) is 0 Å². The lowest BCUT2D eigenvalue weighted by Gasteiger charge is -2.24. The van der Waals surface area contributed by atoms with Crippen LogP contribution in [0.2, 0.25) is 0 Å². The van der Waals surface area contributed by atoms with E-state index in [4.69, 9.17) is 9.11 Å². The van der Waals surface area contributed by atoms with Gasteiger partial charge in [-0.05, 0) is 12.1 Å². The molecule has 1 aromatic rings. The first-order valence-corrected chi connectivity index (χ1v) is 9.03. The highest BCUT2D eigenvalue weighted by Gasteiger charge is 2.15. The van der Waals surface area contributed by atoms with Gasteiger partial charge in [0.05, 0.1) is 11.5 Å². The molecule has 0 aliphatic rings. The van der Waals surface area contributed by atoms with E-state index in [0.29, 0.717) is 17.5 Å². The molecule has 118 valence electrons. The maximum absolute atomic E-state index is 10.8. The van der Waals surface area contributed by atoms with Crippen molar-refractivity contribution < 1.29 is 30.7 Å². The minimum absolute atomic E-state index is 0.184. The first kappa shape index (κ1) is 17.6. The van der Waals surface area contributed by atoms with Crippen LogP contribution in [-0.4, -0.2) is 56.8 Å². The maximum Gasteiger partial charge on any atom is 0.266 e. The number of aldehydes is 1. The van der Waals surface area contributed by atoms with Crippen LogP contribution >= 0.6 is 0 Å². The van der Waals surface area contributed by atoms with Crippen LogP contribution in [0, 0.1) is 0 Å². The standard InChI is InChI=1S/C11H15NO7S2/c13-9-10-2-1-3-11(8-10)12(4-6-20(14,15)16)5-7-21(17,18)19/h1-3,8-9H,4-7H2,(H,14,15,16)(H,17,18,19). The molecule has 2 N–H and O–H groups in total. The summed E-state index contributed by atoms with van der Waals surface area (Å²) in [6.07, 6.45) is 0.591. The van der Waals surface area contributed by atoms with Crippen LogP contribution in [0.15, 0.2) is 24.3 Å². The van der Waals surface area contributed by atoms with Crippen LogP contribution in [0.1, 0.15) is 10.4 Å². The number of anilines is 1. The van der Waals surface area contributed by atoms with Crippen molar-refractivity contribution in [1.29, 1.82) is 0 Å². The van der Waals surface area contributed by atoms with E-state index < -0.39 is 31.7 Å². The third kappa shape index (κ3) is 7.18. The number of rotatable bonds is 8. The predicted molar refractivity (Wildman–Crippen MR) is 76.9 cm³/mol. The Morgan fingerprint density at radius 1 is 1.00 bits per heavy atom. The summed E-state index contributed by atoms with van der Waals surface area (Å²) in [6.45, 7) is -0.368. The molecule has 0 heterocycles. The Hall–Kier alpha value is -1.49. The predicted octanol–water partition coefficient (Wildman–Crippen LogP) is 0.0811. The van der Waals surface area contributed by atoms with Crippen molar-refractivity contribution in [3.63, 3.8) is 0 Å². The smallest absolute Gasteiger partial charge is 0.266 e. The molecular formula is C11H15NO7S2. The molecule has 0 aliphatic carbocycles. The fraction of sp³-hybridized carbons (Fsp3) is 0.364. The van der Waals surface area contributed by atoms with Gasteiger partial charge in [-0.1, -0.05) is 12.1 Å². The van der Waals surface area contributed by atoms with Gasteiger partial charge in [0, 0.05) is 24.3 Å². The highest BCUT2D eigenvalue weighted by molar-refractivity contribution is 7.86. The second kappa shape index (κ2) is 6.98. The molecule has 0 spiro atoms. The van der Waals surface area contributed by atoms with E-state index in [1.807, 2.05) is 0 Å². The van der Waals surface area contributed by atoms with Gasteiger partial charge in [0.2, 0.25) is 0 Å². The summed E-state index contributed by atoms with van der Waals surface area (Å²) >= 11 is 0. The van der Waals surface area contributed by atoms with Crippen molar-refractivity contribution in [2.24, 2.45) is 0 Å². The monoisotopic (exact) mass is 337 g/mol. The molecule has 0 amide bonds. The second-order valence-electron chi connectivity index (χ2n) is 4.27. The zero-order valence-corrected chi connectivity index (χ0v) is 12.5. The van der Waals surface area contributed by atoms with Gasteiger partial charge >= 0.3 is 0 Å². The zero-order chi connectivity index (χ0) is 16.1. The molecule has 1 rings (SSSR count). The quantitative estimate of drug-likeness (QED) is 0.504. The summed E-state index contributed by atoms with van der Waals surface area (Å²) in [5, 5.41) is 0. The van der Waals surface area contributed by atoms with Crippen molar-refractivity contribution >= 4 is 32.2 Å². The van der Waals surface area contributed by atoms with Crippen molar-refractivity contribution in [2.75, 3.05) is 29.5 Å². The second-order valence-corrected chi connectivity index (χ2v) is 7.42. The molecular weight excluding hydrogens is 322 g/mol. The first-order chi connectivity index (χ1) is 9.61. The van der Waals surface area contributed by atoms with Gasteiger partial charge in [-0.25, -0.2) is 0 Å². The Kier molecular flexibility index (Phi) is 5.84. The zero-order valence-electron chi connectivity index (χ0n) is 10.9. The van der Waals surface area contributed by atoms with Gasteiger partial charge in [-0.3, -0.25) is 13.9 Å². The van der Waals surface area contributed by atoms with Crippen LogP contribution < -0.4 is 4.90 Å². The number of nitrogens with zero attached hydrogens (tertiary/aromatic N) is 1. The minimum Gasteiger partial charge on any atom is -0.369 e.